The normalized spacial score (nSPS) is 31.8. The number of carbonyl (C=O) groups excluding carboxylic acids is 1. The van der Waals surface area contributed by atoms with E-state index in [0.717, 1.165) is 77.1 Å². The average molecular weight is 496 g/mol. The first kappa shape index (κ1) is 23.6. The van der Waals surface area contributed by atoms with E-state index in [1.54, 1.807) is 6.20 Å². The standard InChI is InChI=1S/C26H37N7O3/c1-3-31-16-22(19(2)28-31)15-29-4-6-30(7-5-29)24(34)13-25-9-20-8-21(10-25)12-26(11-20,18-25)32-17-23(14-27-32)33(35)36/h14,16-17,20-21H,3-13,15,18H2,1-2H3. The van der Waals surface area contributed by atoms with Crippen molar-refractivity contribution in [2.24, 2.45) is 17.3 Å². The van der Waals surface area contributed by atoms with Gasteiger partial charge in [-0.1, -0.05) is 0 Å². The van der Waals surface area contributed by atoms with Crippen molar-refractivity contribution in [3.8, 4) is 0 Å². The Hall–Kier alpha value is -2.75. The van der Waals surface area contributed by atoms with Gasteiger partial charge in [-0.3, -0.25) is 29.2 Å². The fourth-order valence-corrected chi connectivity index (χ4v) is 8.25. The van der Waals surface area contributed by atoms with E-state index in [1.807, 2.05) is 9.36 Å². The van der Waals surface area contributed by atoms with E-state index < -0.39 is 0 Å². The summed E-state index contributed by atoms with van der Waals surface area (Å²) in [7, 11) is 0. The number of aryl methyl sites for hydroxylation is 2. The molecule has 2 aromatic rings. The second-order valence-corrected chi connectivity index (χ2v) is 12.0. The lowest BCUT2D eigenvalue weighted by molar-refractivity contribution is -0.385. The summed E-state index contributed by atoms with van der Waals surface area (Å²) in [6.45, 7) is 9.28. The Morgan fingerprint density at radius 2 is 1.86 bits per heavy atom. The number of nitro groups is 1. The molecule has 7 rings (SSSR count). The Morgan fingerprint density at radius 3 is 2.47 bits per heavy atom. The molecule has 10 heteroatoms. The molecule has 3 heterocycles. The van der Waals surface area contributed by atoms with Crippen LogP contribution in [-0.2, 0) is 23.4 Å². The van der Waals surface area contributed by atoms with Crippen LogP contribution in [0.1, 0.15) is 63.1 Å². The quantitative estimate of drug-likeness (QED) is 0.431. The van der Waals surface area contributed by atoms with Crippen molar-refractivity contribution >= 4 is 11.6 Å². The van der Waals surface area contributed by atoms with E-state index in [0.29, 0.717) is 18.3 Å². The van der Waals surface area contributed by atoms with Crippen LogP contribution in [0.3, 0.4) is 0 Å². The van der Waals surface area contributed by atoms with Crippen LogP contribution in [0, 0.1) is 34.3 Å². The molecule has 2 atom stereocenters. The number of hydrogen-bond acceptors (Lipinski definition) is 6. The number of carbonyl (C=O) groups is 1. The summed E-state index contributed by atoms with van der Waals surface area (Å²) in [5.41, 5.74) is 2.26. The summed E-state index contributed by atoms with van der Waals surface area (Å²) in [6.07, 6.45) is 12.2. The molecule has 36 heavy (non-hydrogen) atoms. The molecular formula is C26H37N7O3. The summed E-state index contributed by atoms with van der Waals surface area (Å²) in [5, 5.41) is 20.3. The predicted molar refractivity (Wildman–Crippen MR) is 133 cm³/mol. The van der Waals surface area contributed by atoms with Gasteiger partial charge < -0.3 is 4.90 Å². The minimum atomic E-state index is -0.361. The number of nitrogens with zero attached hydrogens (tertiary/aromatic N) is 7. The van der Waals surface area contributed by atoms with E-state index in [9.17, 15) is 14.9 Å². The molecule has 10 nitrogen and oxygen atoms in total. The minimum Gasteiger partial charge on any atom is -0.340 e. The predicted octanol–water partition coefficient (Wildman–Crippen LogP) is 3.35. The van der Waals surface area contributed by atoms with Gasteiger partial charge >= 0.3 is 5.69 Å². The van der Waals surface area contributed by atoms with Gasteiger partial charge in [-0.15, -0.1) is 0 Å². The minimum absolute atomic E-state index is 0.00484. The highest BCUT2D eigenvalue weighted by atomic mass is 16.6. The zero-order chi connectivity index (χ0) is 25.1. The third-order valence-electron chi connectivity index (χ3n) is 9.43. The molecular weight excluding hydrogens is 458 g/mol. The monoisotopic (exact) mass is 495 g/mol. The summed E-state index contributed by atoms with van der Waals surface area (Å²) in [4.78, 5) is 29.0. The van der Waals surface area contributed by atoms with Gasteiger partial charge in [0.1, 0.15) is 12.4 Å². The lowest BCUT2D eigenvalue weighted by Crippen LogP contribution is -2.58. The van der Waals surface area contributed by atoms with Gasteiger partial charge in [-0.25, -0.2) is 0 Å². The van der Waals surface area contributed by atoms with E-state index >= 15 is 0 Å². The lowest BCUT2D eigenvalue weighted by Gasteiger charge is -2.62. The van der Waals surface area contributed by atoms with Crippen molar-refractivity contribution < 1.29 is 9.72 Å². The molecule has 4 saturated carbocycles. The maximum atomic E-state index is 13.6. The van der Waals surface area contributed by atoms with Crippen LogP contribution in [0.4, 0.5) is 5.69 Å². The van der Waals surface area contributed by atoms with Crippen LogP contribution in [0.25, 0.3) is 0 Å². The molecule has 1 saturated heterocycles. The summed E-state index contributed by atoms with van der Waals surface area (Å²) in [6, 6.07) is 0. The topological polar surface area (TPSA) is 102 Å². The van der Waals surface area contributed by atoms with Crippen molar-refractivity contribution in [2.45, 2.75) is 77.4 Å². The van der Waals surface area contributed by atoms with Crippen LogP contribution in [-0.4, -0.2) is 66.4 Å². The second-order valence-electron chi connectivity index (χ2n) is 12.0. The van der Waals surface area contributed by atoms with E-state index in [4.69, 9.17) is 0 Å². The van der Waals surface area contributed by atoms with Crippen LogP contribution in [0.15, 0.2) is 18.6 Å². The van der Waals surface area contributed by atoms with Crippen LogP contribution >= 0.6 is 0 Å². The number of amides is 1. The van der Waals surface area contributed by atoms with E-state index in [-0.39, 0.29) is 27.5 Å². The van der Waals surface area contributed by atoms with Gasteiger partial charge in [-0.05, 0) is 69.6 Å². The zero-order valence-electron chi connectivity index (χ0n) is 21.4. The SMILES string of the molecule is CCn1cc(CN2CCN(C(=O)CC34CC5CC(C3)CC(n3cc([N+](=O)[O-])cn3)(C5)C4)CC2)c(C)n1. The first-order chi connectivity index (χ1) is 17.3. The van der Waals surface area contributed by atoms with Gasteiger partial charge in [0.05, 0.1) is 16.2 Å². The third kappa shape index (κ3) is 4.13. The van der Waals surface area contributed by atoms with Crippen molar-refractivity contribution in [3.05, 3.63) is 40.0 Å². The maximum absolute atomic E-state index is 13.6. The number of hydrogen-bond donors (Lipinski definition) is 0. The Bertz CT molecular complexity index is 1150. The number of piperazine rings is 1. The first-order valence-corrected chi connectivity index (χ1v) is 13.5. The Labute approximate surface area is 211 Å². The van der Waals surface area contributed by atoms with E-state index in [1.165, 1.54) is 18.2 Å². The third-order valence-corrected chi connectivity index (χ3v) is 9.43. The number of aromatic nitrogens is 4. The fourth-order valence-electron chi connectivity index (χ4n) is 8.25. The van der Waals surface area contributed by atoms with Gasteiger partial charge in [0.25, 0.3) is 0 Å². The summed E-state index contributed by atoms with van der Waals surface area (Å²) < 4.78 is 3.88. The molecule has 2 aromatic heterocycles. The van der Waals surface area contributed by atoms with Crippen LogP contribution in [0.5, 0.6) is 0 Å². The molecule has 1 amide bonds. The summed E-state index contributed by atoms with van der Waals surface area (Å²) in [5.74, 6) is 1.46. The Balaban J connectivity index is 1.11. The zero-order valence-corrected chi connectivity index (χ0v) is 21.4. The molecule has 5 aliphatic rings. The highest BCUT2D eigenvalue weighted by molar-refractivity contribution is 5.77. The van der Waals surface area contributed by atoms with Gasteiger partial charge in [0.15, 0.2) is 0 Å². The molecule has 4 aliphatic carbocycles. The first-order valence-electron chi connectivity index (χ1n) is 13.5. The van der Waals surface area contributed by atoms with E-state index in [2.05, 4.69) is 40.0 Å². The Kier molecular flexibility index (Phi) is 5.70. The maximum Gasteiger partial charge on any atom is 0.307 e. The molecule has 0 spiro atoms. The average Bonchev–Trinajstić information content (AvgIpc) is 3.46. The second kappa shape index (κ2) is 8.68. The van der Waals surface area contributed by atoms with Crippen LogP contribution in [0.2, 0.25) is 0 Å². The van der Waals surface area contributed by atoms with Gasteiger partial charge in [-0.2, -0.15) is 10.2 Å². The summed E-state index contributed by atoms with van der Waals surface area (Å²) >= 11 is 0. The highest BCUT2D eigenvalue weighted by Crippen LogP contribution is 2.65. The molecule has 2 unspecified atom stereocenters. The smallest absolute Gasteiger partial charge is 0.307 e. The lowest BCUT2D eigenvalue weighted by atomic mass is 9.46. The fraction of sp³-hybridized carbons (Fsp3) is 0.731. The molecule has 5 fully saturated rings. The van der Waals surface area contributed by atoms with Crippen LogP contribution < -0.4 is 0 Å². The van der Waals surface area contributed by atoms with Gasteiger partial charge in [0, 0.05) is 57.4 Å². The van der Waals surface area contributed by atoms with Crippen molar-refractivity contribution in [1.82, 2.24) is 29.4 Å². The Morgan fingerprint density at radius 1 is 1.14 bits per heavy atom. The largest absolute Gasteiger partial charge is 0.340 e. The van der Waals surface area contributed by atoms with Crippen molar-refractivity contribution in [1.29, 1.82) is 0 Å². The molecule has 0 radical (unpaired) electrons. The van der Waals surface area contributed by atoms with Crippen molar-refractivity contribution in [2.75, 3.05) is 26.2 Å². The van der Waals surface area contributed by atoms with Crippen molar-refractivity contribution in [3.63, 3.8) is 0 Å². The molecule has 1 aliphatic heterocycles. The van der Waals surface area contributed by atoms with Gasteiger partial charge in [0.2, 0.25) is 5.91 Å². The molecule has 0 N–H and O–H groups in total. The highest BCUT2D eigenvalue weighted by Gasteiger charge is 2.59. The molecule has 0 aromatic carbocycles. The molecule has 194 valence electrons. The number of rotatable bonds is 7. The molecule has 4 bridgehead atoms.